The Bertz CT molecular complexity index is 857. The lowest BCUT2D eigenvalue weighted by Gasteiger charge is -2.11. The number of nitrogens with one attached hydrogen (secondary N) is 1. The fourth-order valence-corrected chi connectivity index (χ4v) is 2.66. The number of benzene rings is 2. The smallest absolute Gasteiger partial charge is 0.274 e. The topological polar surface area (TPSA) is 59.4 Å². The van der Waals surface area contributed by atoms with Crippen LogP contribution in [0.15, 0.2) is 67.1 Å². The van der Waals surface area contributed by atoms with Crippen molar-refractivity contribution in [3.63, 3.8) is 0 Å². The van der Waals surface area contributed by atoms with Gasteiger partial charge in [-0.2, -0.15) is 0 Å². The third kappa shape index (κ3) is 5.18. The van der Waals surface area contributed by atoms with Gasteiger partial charge >= 0.3 is 0 Å². The van der Waals surface area contributed by atoms with Gasteiger partial charge in [0.15, 0.2) is 0 Å². The second kappa shape index (κ2) is 9.00. The maximum absolute atomic E-state index is 12.6. The van der Waals surface area contributed by atoms with Crippen molar-refractivity contribution < 1.29 is 9.53 Å². The van der Waals surface area contributed by atoms with Gasteiger partial charge in [0, 0.05) is 17.9 Å². The minimum absolute atomic E-state index is 0.212. The molecule has 1 aromatic heterocycles. The Hall–Kier alpha value is -3.12. The van der Waals surface area contributed by atoms with Gasteiger partial charge < -0.3 is 15.0 Å². The van der Waals surface area contributed by atoms with E-state index in [1.54, 1.807) is 17.1 Å². The molecule has 0 saturated heterocycles. The van der Waals surface area contributed by atoms with E-state index in [-0.39, 0.29) is 5.91 Å². The van der Waals surface area contributed by atoms with Crippen molar-refractivity contribution >= 4 is 11.6 Å². The van der Waals surface area contributed by atoms with E-state index >= 15 is 0 Å². The fraction of sp³-hybridized carbons (Fsp3) is 0.238. The van der Waals surface area contributed by atoms with Crippen LogP contribution in [0.4, 0.5) is 5.69 Å². The Balaban J connectivity index is 1.60. The zero-order valence-electron chi connectivity index (χ0n) is 15.6. The van der Waals surface area contributed by atoms with Crippen LogP contribution in [0.1, 0.15) is 16.9 Å². The highest BCUT2D eigenvalue weighted by molar-refractivity contribution is 6.03. The summed E-state index contributed by atoms with van der Waals surface area (Å²) in [6, 6.07) is 17.0. The van der Waals surface area contributed by atoms with Crippen molar-refractivity contribution in [3.05, 3.63) is 72.8 Å². The van der Waals surface area contributed by atoms with Gasteiger partial charge in [0.1, 0.15) is 11.4 Å². The summed E-state index contributed by atoms with van der Waals surface area (Å²) in [5.41, 5.74) is 2.08. The normalized spacial score (nSPS) is 10.8. The van der Waals surface area contributed by atoms with Gasteiger partial charge in [-0.05, 0) is 56.9 Å². The number of anilines is 1. The molecule has 1 heterocycles. The number of rotatable bonds is 8. The molecule has 0 atom stereocenters. The number of carbonyl (C=O) groups is 1. The van der Waals surface area contributed by atoms with Crippen molar-refractivity contribution in [1.82, 2.24) is 14.5 Å². The molecule has 1 amide bonds. The number of amides is 1. The molecular formula is C21H24N4O2. The first-order valence-corrected chi connectivity index (χ1v) is 8.90. The lowest BCUT2D eigenvalue weighted by Crippen LogP contribution is -2.16. The Morgan fingerprint density at radius 2 is 1.85 bits per heavy atom. The largest absolute Gasteiger partial charge is 0.494 e. The molecule has 0 aliphatic rings. The third-order valence-electron chi connectivity index (χ3n) is 4.04. The van der Waals surface area contributed by atoms with Crippen LogP contribution in [-0.4, -0.2) is 47.6 Å². The summed E-state index contributed by atoms with van der Waals surface area (Å²) in [4.78, 5) is 18.9. The highest BCUT2D eigenvalue weighted by Crippen LogP contribution is 2.18. The summed E-state index contributed by atoms with van der Waals surface area (Å²) in [5, 5.41) is 2.90. The van der Waals surface area contributed by atoms with E-state index in [9.17, 15) is 4.79 Å². The minimum Gasteiger partial charge on any atom is -0.494 e. The molecule has 0 bridgehead atoms. The zero-order valence-corrected chi connectivity index (χ0v) is 15.6. The van der Waals surface area contributed by atoms with Crippen molar-refractivity contribution in [2.24, 2.45) is 0 Å². The zero-order chi connectivity index (χ0) is 19.1. The molecule has 0 aliphatic carbocycles. The quantitative estimate of drug-likeness (QED) is 0.622. The fourth-order valence-electron chi connectivity index (χ4n) is 2.66. The predicted molar refractivity (Wildman–Crippen MR) is 107 cm³/mol. The van der Waals surface area contributed by atoms with Gasteiger partial charge in [0.05, 0.1) is 19.1 Å². The Labute approximate surface area is 159 Å². The maximum Gasteiger partial charge on any atom is 0.274 e. The van der Waals surface area contributed by atoms with Crippen LogP contribution in [0.3, 0.4) is 0 Å². The molecule has 3 aromatic rings. The molecule has 0 fully saturated rings. The summed E-state index contributed by atoms with van der Waals surface area (Å²) in [6.07, 6.45) is 4.16. The Kier molecular flexibility index (Phi) is 6.22. The van der Waals surface area contributed by atoms with Crippen molar-refractivity contribution in [1.29, 1.82) is 0 Å². The summed E-state index contributed by atoms with van der Waals surface area (Å²) < 4.78 is 7.47. The Morgan fingerprint density at radius 3 is 2.56 bits per heavy atom. The van der Waals surface area contributed by atoms with Crippen LogP contribution >= 0.6 is 0 Å². The van der Waals surface area contributed by atoms with Crippen LogP contribution in [0.25, 0.3) is 5.69 Å². The van der Waals surface area contributed by atoms with E-state index in [1.807, 2.05) is 68.7 Å². The van der Waals surface area contributed by atoms with Crippen LogP contribution in [0.5, 0.6) is 5.75 Å². The number of para-hydroxylation sites is 1. The summed E-state index contributed by atoms with van der Waals surface area (Å²) in [5.74, 6) is 0.581. The first kappa shape index (κ1) is 18.7. The number of imidazole rings is 1. The number of hydrogen-bond donors (Lipinski definition) is 1. The number of hydrogen-bond acceptors (Lipinski definition) is 4. The lowest BCUT2D eigenvalue weighted by molar-refractivity contribution is 0.102. The molecule has 0 aliphatic heterocycles. The molecule has 140 valence electrons. The second-order valence-electron chi connectivity index (χ2n) is 6.47. The van der Waals surface area contributed by atoms with Crippen molar-refractivity contribution in [2.45, 2.75) is 6.42 Å². The summed E-state index contributed by atoms with van der Waals surface area (Å²) >= 11 is 0. The minimum atomic E-state index is -0.212. The first-order chi connectivity index (χ1) is 13.1. The number of carbonyl (C=O) groups excluding carboxylic acids is 1. The number of ether oxygens (including phenoxy) is 1. The first-order valence-electron chi connectivity index (χ1n) is 8.90. The van der Waals surface area contributed by atoms with Crippen molar-refractivity contribution in [3.8, 4) is 11.4 Å². The summed E-state index contributed by atoms with van der Waals surface area (Å²) in [6.45, 7) is 1.66. The molecule has 1 N–H and O–H groups in total. The van der Waals surface area contributed by atoms with Gasteiger partial charge in [0.25, 0.3) is 5.91 Å². The molecule has 3 rings (SSSR count). The van der Waals surface area contributed by atoms with E-state index in [4.69, 9.17) is 4.74 Å². The summed E-state index contributed by atoms with van der Waals surface area (Å²) in [7, 11) is 4.09. The molecule has 6 nitrogen and oxygen atoms in total. The van der Waals surface area contributed by atoms with Gasteiger partial charge in [-0.25, -0.2) is 4.98 Å². The second-order valence-corrected chi connectivity index (χ2v) is 6.47. The predicted octanol–water partition coefficient (Wildman–Crippen LogP) is 3.46. The van der Waals surface area contributed by atoms with Gasteiger partial charge in [-0.1, -0.05) is 18.2 Å². The SMILES string of the molecule is CN(C)CCCOc1ccc(NC(=O)c2cncn2-c2ccccc2)cc1. The van der Waals surface area contributed by atoms with Gasteiger partial charge in [0.2, 0.25) is 0 Å². The standard InChI is InChI=1S/C21H24N4O2/c1-24(2)13-6-14-27-19-11-9-17(10-12-19)23-21(26)20-15-22-16-25(20)18-7-4-3-5-8-18/h3-5,7-12,15-16H,6,13-14H2,1-2H3,(H,23,26). The van der Waals surface area contributed by atoms with Gasteiger partial charge in [-0.3, -0.25) is 9.36 Å². The molecule has 0 spiro atoms. The van der Waals surface area contributed by atoms with E-state index in [0.29, 0.717) is 18.0 Å². The molecule has 2 aromatic carbocycles. The van der Waals surface area contributed by atoms with E-state index < -0.39 is 0 Å². The molecule has 0 radical (unpaired) electrons. The number of nitrogens with zero attached hydrogens (tertiary/aromatic N) is 3. The van der Waals surface area contributed by atoms with Crippen molar-refractivity contribution in [2.75, 3.05) is 32.6 Å². The highest BCUT2D eigenvalue weighted by Gasteiger charge is 2.13. The van der Waals surface area contributed by atoms with Crippen LogP contribution in [-0.2, 0) is 0 Å². The van der Waals surface area contributed by atoms with Gasteiger partial charge in [-0.15, -0.1) is 0 Å². The number of aromatic nitrogens is 2. The average Bonchev–Trinajstić information content (AvgIpc) is 3.17. The van der Waals surface area contributed by atoms with Crippen LogP contribution in [0.2, 0.25) is 0 Å². The molecule has 6 heteroatoms. The molecule has 27 heavy (non-hydrogen) atoms. The molecule has 0 unspecified atom stereocenters. The molecular weight excluding hydrogens is 340 g/mol. The molecule has 0 saturated carbocycles. The van der Waals surface area contributed by atoms with Crippen LogP contribution in [0, 0.1) is 0 Å². The average molecular weight is 364 g/mol. The van der Waals surface area contributed by atoms with E-state index in [2.05, 4.69) is 15.2 Å². The highest BCUT2D eigenvalue weighted by atomic mass is 16.5. The Morgan fingerprint density at radius 1 is 1.11 bits per heavy atom. The van der Waals surface area contributed by atoms with Crippen LogP contribution < -0.4 is 10.1 Å². The van der Waals surface area contributed by atoms with E-state index in [1.165, 1.54) is 0 Å². The van der Waals surface area contributed by atoms with E-state index in [0.717, 1.165) is 24.4 Å². The maximum atomic E-state index is 12.6. The lowest BCUT2D eigenvalue weighted by atomic mass is 10.2. The monoisotopic (exact) mass is 364 g/mol. The third-order valence-corrected chi connectivity index (χ3v) is 4.04.